The largest absolute Gasteiger partial charge is 0.425 e. The van der Waals surface area contributed by atoms with Crippen LogP contribution >= 0.6 is 0 Å². The number of ether oxygens (including phenoxy) is 1. The summed E-state index contributed by atoms with van der Waals surface area (Å²) in [5.41, 5.74) is 0. The van der Waals surface area contributed by atoms with Crippen LogP contribution in [0.1, 0.15) is 18.7 Å². The summed E-state index contributed by atoms with van der Waals surface area (Å²) in [4.78, 5) is 0. The molecule has 1 heterocycles. The third-order valence-electron chi connectivity index (χ3n) is 1.79. The fourth-order valence-electron chi connectivity index (χ4n) is 1.05. The third kappa shape index (κ3) is 3.85. The van der Waals surface area contributed by atoms with Gasteiger partial charge in [-0.15, -0.1) is 10.2 Å². The van der Waals surface area contributed by atoms with E-state index in [9.17, 15) is 0 Å². The summed E-state index contributed by atoms with van der Waals surface area (Å²) >= 11 is 0. The number of hydrogen-bond acceptors (Lipinski definition) is 5. The Morgan fingerprint density at radius 1 is 1.29 bits per heavy atom. The van der Waals surface area contributed by atoms with Gasteiger partial charge in [-0.1, -0.05) is 6.92 Å². The number of nitrogens with one attached hydrogen (secondary N) is 1. The summed E-state index contributed by atoms with van der Waals surface area (Å²) in [5, 5.41) is 11.0. The quantitative estimate of drug-likeness (QED) is 0.644. The Labute approximate surface area is 83.9 Å². The molecule has 0 radical (unpaired) electrons. The molecule has 1 aromatic rings. The fraction of sp³-hybridized carbons (Fsp3) is 0.778. The summed E-state index contributed by atoms with van der Waals surface area (Å²) in [6.07, 6.45) is 1.47. The fourth-order valence-corrected chi connectivity index (χ4v) is 1.05. The van der Waals surface area contributed by atoms with Crippen molar-refractivity contribution in [2.45, 2.75) is 19.8 Å². The molecule has 5 nitrogen and oxygen atoms in total. The number of methoxy groups -OCH3 is 1. The lowest BCUT2D eigenvalue weighted by Crippen LogP contribution is -2.16. The Morgan fingerprint density at radius 3 is 2.64 bits per heavy atom. The van der Waals surface area contributed by atoms with Crippen molar-refractivity contribution in [1.82, 2.24) is 15.5 Å². The highest BCUT2D eigenvalue weighted by Gasteiger charge is 2.04. The van der Waals surface area contributed by atoms with Crippen LogP contribution in [-0.2, 0) is 17.6 Å². The topological polar surface area (TPSA) is 60.2 Å². The van der Waals surface area contributed by atoms with Gasteiger partial charge in [-0.3, -0.25) is 0 Å². The van der Waals surface area contributed by atoms with Gasteiger partial charge in [0.1, 0.15) is 0 Å². The Bertz CT molecular complexity index is 250. The van der Waals surface area contributed by atoms with Crippen LogP contribution in [0.25, 0.3) is 0 Å². The molecule has 5 heteroatoms. The zero-order valence-corrected chi connectivity index (χ0v) is 8.75. The number of likely N-dealkylation sites (N-methyl/N-ethyl adjacent to an activating group) is 1. The molecule has 0 saturated heterocycles. The van der Waals surface area contributed by atoms with E-state index in [-0.39, 0.29) is 0 Å². The van der Waals surface area contributed by atoms with Crippen molar-refractivity contribution in [3.63, 3.8) is 0 Å². The zero-order chi connectivity index (χ0) is 10.2. The lowest BCUT2D eigenvalue weighted by Gasteiger charge is -1.96. The lowest BCUT2D eigenvalue weighted by atomic mass is 10.4. The molecule has 1 aromatic heterocycles. The van der Waals surface area contributed by atoms with Crippen molar-refractivity contribution in [2.75, 3.05) is 26.8 Å². The van der Waals surface area contributed by atoms with Crippen LogP contribution in [-0.4, -0.2) is 37.0 Å². The number of nitrogens with zero attached hydrogens (tertiary/aromatic N) is 2. The van der Waals surface area contributed by atoms with Gasteiger partial charge in [0.2, 0.25) is 11.8 Å². The molecule has 0 fully saturated rings. The van der Waals surface area contributed by atoms with Crippen LogP contribution in [0.2, 0.25) is 0 Å². The first kappa shape index (κ1) is 11.1. The van der Waals surface area contributed by atoms with Gasteiger partial charge in [0, 0.05) is 26.5 Å². The molecule has 1 N–H and O–H groups in total. The minimum Gasteiger partial charge on any atom is -0.425 e. The van der Waals surface area contributed by atoms with Crippen LogP contribution in [0.5, 0.6) is 0 Å². The lowest BCUT2D eigenvalue weighted by molar-refractivity contribution is 0.194. The van der Waals surface area contributed by atoms with Crippen LogP contribution < -0.4 is 5.32 Å². The molecule has 0 unspecified atom stereocenters. The van der Waals surface area contributed by atoms with Crippen LogP contribution in [0.4, 0.5) is 0 Å². The predicted octanol–water partition coefficient (Wildman–Crippen LogP) is 0.410. The number of rotatable bonds is 7. The molecular weight excluding hydrogens is 182 g/mol. The van der Waals surface area contributed by atoms with E-state index >= 15 is 0 Å². The van der Waals surface area contributed by atoms with Gasteiger partial charge in [0.15, 0.2) is 0 Å². The maximum absolute atomic E-state index is 5.39. The normalized spacial score (nSPS) is 10.7. The summed E-state index contributed by atoms with van der Waals surface area (Å²) in [5.74, 6) is 1.34. The van der Waals surface area contributed by atoms with E-state index in [0.717, 1.165) is 19.5 Å². The van der Waals surface area contributed by atoms with Crippen molar-refractivity contribution in [3.05, 3.63) is 11.8 Å². The highest BCUT2D eigenvalue weighted by atomic mass is 16.5. The minimum atomic E-state index is 0.620. The molecule has 0 aromatic carbocycles. The molecule has 0 saturated carbocycles. The molecule has 0 spiro atoms. The Hall–Kier alpha value is -0.940. The van der Waals surface area contributed by atoms with E-state index in [2.05, 4.69) is 22.4 Å². The Balaban J connectivity index is 2.27. The molecule has 1 rings (SSSR count). The molecule has 0 bridgehead atoms. The highest BCUT2D eigenvalue weighted by molar-refractivity contribution is 4.82. The van der Waals surface area contributed by atoms with E-state index < -0.39 is 0 Å². The summed E-state index contributed by atoms with van der Waals surface area (Å²) in [7, 11) is 1.66. The van der Waals surface area contributed by atoms with Crippen LogP contribution in [0.15, 0.2) is 4.42 Å². The second-order valence-electron chi connectivity index (χ2n) is 2.94. The second-order valence-corrected chi connectivity index (χ2v) is 2.94. The van der Waals surface area contributed by atoms with Crippen LogP contribution in [0, 0.1) is 0 Å². The van der Waals surface area contributed by atoms with E-state index in [4.69, 9.17) is 9.15 Å². The van der Waals surface area contributed by atoms with E-state index in [0.29, 0.717) is 24.8 Å². The molecule has 0 aliphatic rings. The minimum absolute atomic E-state index is 0.620. The molecular formula is C9H17N3O2. The molecule has 0 aliphatic carbocycles. The van der Waals surface area contributed by atoms with Gasteiger partial charge in [-0.05, 0) is 6.54 Å². The first-order chi connectivity index (χ1) is 6.86. The van der Waals surface area contributed by atoms with Crippen LogP contribution in [0.3, 0.4) is 0 Å². The van der Waals surface area contributed by atoms with Gasteiger partial charge in [-0.25, -0.2) is 0 Å². The van der Waals surface area contributed by atoms with E-state index in [1.807, 2.05) is 0 Å². The maximum Gasteiger partial charge on any atom is 0.218 e. The van der Waals surface area contributed by atoms with Gasteiger partial charge in [0.25, 0.3) is 0 Å². The highest BCUT2D eigenvalue weighted by Crippen LogP contribution is 2.00. The van der Waals surface area contributed by atoms with Gasteiger partial charge in [0.05, 0.1) is 6.61 Å². The second kappa shape index (κ2) is 6.50. The maximum atomic E-state index is 5.39. The van der Waals surface area contributed by atoms with Gasteiger partial charge < -0.3 is 14.5 Å². The SMILES string of the molecule is CCNCCc1nnc(CCOC)o1. The van der Waals surface area contributed by atoms with Crippen molar-refractivity contribution in [3.8, 4) is 0 Å². The van der Waals surface area contributed by atoms with Crippen molar-refractivity contribution >= 4 is 0 Å². The molecule has 0 amide bonds. The smallest absolute Gasteiger partial charge is 0.218 e. The summed E-state index contributed by atoms with van der Waals surface area (Å²) in [6.45, 7) is 4.53. The Morgan fingerprint density at radius 2 is 2.00 bits per heavy atom. The van der Waals surface area contributed by atoms with Gasteiger partial charge >= 0.3 is 0 Å². The summed E-state index contributed by atoms with van der Waals surface area (Å²) < 4.78 is 10.3. The predicted molar refractivity (Wildman–Crippen MR) is 52.1 cm³/mol. The van der Waals surface area contributed by atoms with E-state index in [1.165, 1.54) is 0 Å². The van der Waals surface area contributed by atoms with Crippen molar-refractivity contribution in [1.29, 1.82) is 0 Å². The average Bonchev–Trinajstić information content (AvgIpc) is 2.63. The Kier molecular flexibility index (Phi) is 5.17. The zero-order valence-electron chi connectivity index (χ0n) is 8.75. The molecule has 80 valence electrons. The number of hydrogen-bond donors (Lipinski definition) is 1. The standard InChI is InChI=1S/C9H17N3O2/c1-3-10-6-4-8-11-12-9(14-8)5-7-13-2/h10H,3-7H2,1-2H3. The number of aromatic nitrogens is 2. The van der Waals surface area contributed by atoms with Gasteiger partial charge in [-0.2, -0.15) is 0 Å². The summed E-state index contributed by atoms with van der Waals surface area (Å²) in [6, 6.07) is 0. The molecule has 0 atom stereocenters. The monoisotopic (exact) mass is 199 g/mol. The third-order valence-corrected chi connectivity index (χ3v) is 1.79. The first-order valence-electron chi connectivity index (χ1n) is 4.87. The van der Waals surface area contributed by atoms with Crippen molar-refractivity contribution < 1.29 is 9.15 Å². The molecule has 14 heavy (non-hydrogen) atoms. The molecule has 0 aliphatic heterocycles. The van der Waals surface area contributed by atoms with E-state index in [1.54, 1.807) is 7.11 Å². The first-order valence-corrected chi connectivity index (χ1v) is 4.87. The average molecular weight is 199 g/mol. The van der Waals surface area contributed by atoms with Crippen molar-refractivity contribution in [2.24, 2.45) is 0 Å².